The van der Waals surface area contributed by atoms with E-state index in [1.165, 1.54) is 0 Å². The van der Waals surface area contributed by atoms with E-state index in [0.29, 0.717) is 22.1 Å². The molecule has 1 aliphatic rings. The molecule has 0 radical (unpaired) electrons. The van der Waals surface area contributed by atoms with Crippen LogP contribution >= 0.6 is 12.2 Å². The van der Waals surface area contributed by atoms with Crippen molar-refractivity contribution < 1.29 is 9.53 Å². The minimum absolute atomic E-state index is 0.214. The molecular formula is C26H25N3O2S. The summed E-state index contributed by atoms with van der Waals surface area (Å²) in [6, 6.07) is 24.9. The number of benzene rings is 3. The number of hydrogen-bond donors (Lipinski definition) is 2. The number of ether oxygens (including phenoxy) is 1. The van der Waals surface area contributed by atoms with Crippen LogP contribution in [0.25, 0.3) is 0 Å². The van der Waals surface area contributed by atoms with E-state index in [-0.39, 0.29) is 11.9 Å². The van der Waals surface area contributed by atoms with Crippen molar-refractivity contribution in [1.82, 2.24) is 5.32 Å². The van der Waals surface area contributed by atoms with E-state index >= 15 is 0 Å². The molecule has 0 fully saturated rings. The monoisotopic (exact) mass is 443 g/mol. The molecule has 162 valence electrons. The van der Waals surface area contributed by atoms with Crippen molar-refractivity contribution >= 4 is 34.6 Å². The first-order valence-corrected chi connectivity index (χ1v) is 10.8. The number of para-hydroxylation sites is 3. The van der Waals surface area contributed by atoms with Crippen LogP contribution in [-0.2, 0) is 4.79 Å². The van der Waals surface area contributed by atoms with Gasteiger partial charge in [-0.1, -0.05) is 60.2 Å². The van der Waals surface area contributed by atoms with Gasteiger partial charge in [-0.25, -0.2) is 0 Å². The topological polar surface area (TPSA) is 53.6 Å². The summed E-state index contributed by atoms with van der Waals surface area (Å²) in [7, 11) is 1.59. The summed E-state index contributed by atoms with van der Waals surface area (Å²) in [6.07, 6.45) is 0. The van der Waals surface area contributed by atoms with Gasteiger partial charge in [0.05, 0.1) is 24.4 Å². The molecule has 1 unspecified atom stereocenters. The van der Waals surface area contributed by atoms with Gasteiger partial charge >= 0.3 is 0 Å². The Balaban J connectivity index is 1.81. The van der Waals surface area contributed by atoms with Gasteiger partial charge < -0.3 is 15.4 Å². The van der Waals surface area contributed by atoms with Gasteiger partial charge in [-0.15, -0.1) is 0 Å². The van der Waals surface area contributed by atoms with Crippen molar-refractivity contribution in [2.24, 2.45) is 0 Å². The molecule has 1 aliphatic heterocycles. The number of carbonyl (C=O) groups is 1. The van der Waals surface area contributed by atoms with Crippen molar-refractivity contribution in [3.05, 3.63) is 101 Å². The highest BCUT2D eigenvalue weighted by Gasteiger charge is 2.34. The minimum atomic E-state index is -0.377. The van der Waals surface area contributed by atoms with E-state index in [1.807, 2.05) is 97.6 Å². The largest absolute Gasteiger partial charge is 0.495 e. The van der Waals surface area contributed by atoms with Gasteiger partial charge in [0.25, 0.3) is 5.91 Å². The van der Waals surface area contributed by atoms with Crippen LogP contribution in [0.4, 0.5) is 11.4 Å². The molecule has 0 saturated carbocycles. The standard InChI is InChI=1S/C26H25N3O2S/c1-17-13-15-19(16-14-17)24-23(25(30)27-21-11-7-8-12-22(21)31-3)18(2)29(26(32)28-24)20-9-5-4-6-10-20/h4-16,24H,1-3H3,(H,27,30)(H,28,32). The van der Waals surface area contributed by atoms with Gasteiger partial charge in [-0.05, 0) is 55.9 Å². The zero-order valence-electron chi connectivity index (χ0n) is 18.3. The molecule has 1 heterocycles. The molecule has 0 bridgehead atoms. The number of amides is 1. The van der Waals surface area contributed by atoms with Crippen LogP contribution in [0.3, 0.4) is 0 Å². The number of allylic oxidation sites excluding steroid dienone is 1. The highest BCUT2D eigenvalue weighted by molar-refractivity contribution is 7.80. The number of anilines is 2. The van der Waals surface area contributed by atoms with Crippen LogP contribution in [0, 0.1) is 6.92 Å². The zero-order valence-corrected chi connectivity index (χ0v) is 19.1. The van der Waals surface area contributed by atoms with Gasteiger partial charge in [-0.3, -0.25) is 9.69 Å². The number of rotatable bonds is 5. The molecular weight excluding hydrogens is 418 g/mol. The number of thiocarbonyl (C=S) groups is 1. The first-order chi connectivity index (χ1) is 15.5. The Morgan fingerprint density at radius 2 is 1.62 bits per heavy atom. The number of aryl methyl sites for hydroxylation is 1. The fourth-order valence-corrected chi connectivity index (χ4v) is 4.23. The Morgan fingerprint density at radius 3 is 2.31 bits per heavy atom. The second-order valence-corrected chi connectivity index (χ2v) is 8.00. The Labute approximate surface area is 193 Å². The summed E-state index contributed by atoms with van der Waals surface area (Å²) >= 11 is 5.73. The minimum Gasteiger partial charge on any atom is -0.495 e. The molecule has 32 heavy (non-hydrogen) atoms. The fraction of sp³-hybridized carbons (Fsp3) is 0.154. The molecule has 0 aromatic heterocycles. The number of nitrogens with zero attached hydrogens (tertiary/aromatic N) is 1. The van der Waals surface area contributed by atoms with Crippen molar-refractivity contribution in [2.75, 3.05) is 17.3 Å². The van der Waals surface area contributed by atoms with Gasteiger partial charge in [0.15, 0.2) is 5.11 Å². The average molecular weight is 444 g/mol. The van der Waals surface area contributed by atoms with Crippen LogP contribution in [0.2, 0.25) is 0 Å². The number of hydrogen-bond acceptors (Lipinski definition) is 3. The Hall–Kier alpha value is -3.64. The molecule has 3 aromatic carbocycles. The number of methoxy groups -OCH3 is 1. The van der Waals surface area contributed by atoms with Gasteiger partial charge in [0, 0.05) is 11.4 Å². The summed E-state index contributed by atoms with van der Waals surface area (Å²) in [4.78, 5) is 15.5. The molecule has 0 spiro atoms. The van der Waals surface area contributed by atoms with Crippen molar-refractivity contribution in [3.63, 3.8) is 0 Å². The van der Waals surface area contributed by atoms with Crippen molar-refractivity contribution in [3.8, 4) is 5.75 Å². The third-order valence-electron chi connectivity index (χ3n) is 5.51. The lowest BCUT2D eigenvalue weighted by atomic mass is 9.93. The lowest BCUT2D eigenvalue weighted by molar-refractivity contribution is -0.113. The molecule has 6 heteroatoms. The average Bonchev–Trinajstić information content (AvgIpc) is 2.80. The van der Waals surface area contributed by atoms with Crippen molar-refractivity contribution in [1.29, 1.82) is 0 Å². The maximum absolute atomic E-state index is 13.6. The first kappa shape index (κ1) is 21.6. The molecule has 3 aromatic rings. The highest BCUT2D eigenvalue weighted by Crippen LogP contribution is 2.35. The first-order valence-electron chi connectivity index (χ1n) is 10.4. The molecule has 0 aliphatic carbocycles. The van der Waals surface area contributed by atoms with E-state index < -0.39 is 0 Å². The third-order valence-corrected chi connectivity index (χ3v) is 5.81. The van der Waals surface area contributed by atoms with E-state index in [2.05, 4.69) is 10.6 Å². The second kappa shape index (κ2) is 9.24. The van der Waals surface area contributed by atoms with Crippen molar-refractivity contribution in [2.45, 2.75) is 19.9 Å². The summed E-state index contributed by atoms with van der Waals surface area (Å²) in [6.45, 7) is 3.97. The highest BCUT2D eigenvalue weighted by atomic mass is 32.1. The summed E-state index contributed by atoms with van der Waals surface area (Å²) in [5.41, 5.74) is 5.00. The summed E-state index contributed by atoms with van der Waals surface area (Å²) < 4.78 is 5.41. The smallest absolute Gasteiger partial charge is 0.255 e. The van der Waals surface area contributed by atoms with Crippen LogP contribution in [0.1, 0.15) is 24.1 Å². The predicted octanol–water partition coefficient (Wildman–Crippen LogP) is 5.35. The van der Waals surface area contributed by atoms with E-state index in [0.717, 1.165) is 22.5 Å². The van der Waals surface area contributed by atoms with Gasteiger partial charge in [0.1, 0.15) is 5.75 Å². The molecule has 2 N–H and O–H groups in total. The molecule has 1 amide bonds. The van der Waals surface area contributed by atoms with Crippen LogP contribution < -0.4 is 20.3 Å². The summed E-state index contributed by atoms with van der Waals surface area (Å²) in [5, 5.41) is 6.96. The van der Waals surface area contributed by atoms with Gasteiger partial charge in [0.2, 0.25) is 0 Å². The Bertz CT molecular complexity index is 1170. The zero-order chi connectivity index (χ0) is 22.7. The Kier molecular flexibility index (Phi) is 6.23. The molecule has 4 rings (SSSR count). The number of nitrogens with one attached hydrogen (secondary N) is 2. The maximum Gasteiger partial charge on any atom is 0.255 e. The fourth-order valence-electron chi connectivity index (χ4n) is 3.87. The Morgan fingerprint density at radius 1 is 0.969 bits per heavy atom. The van der Waals surface area contributed by atoms with Crippen LogP contribution in [0.5, 0.6) is 5.75 Å². The maximum atomic E-state index is 13.6. The SMILES string of the molecule is COc1ccccc1NC(=O)C1=C(C)N(c2ccccc2)C(=S)NC1c1ccc(C)cc1. The van der Waals surface area contributed by atoms with E-state index in [1.54, 1.807) is 7.11 Å². The number of carbonyl (C=O) groups excluding carboxylic acids is 1. The van der Waals surface area contributed by atoms with E-state index in [4.69, 9.17) is 17.0 Å². The van der Waals surface area contributed by atoms with Gasteiger partial charge in [-0.2, -0.15) is 0 Å². The van der Waals surface area contributed by atoms with E-state index in [9.17, 15) is 4.79 Å². The summed E-state index contributed by atoms with van der Waals surface area (Å²) in [5.74, 6) is 0.388. The van der Waals surface area contributed by atoms with Crippen LogP contribution in [0.15, 0.2) is 90.1 Å². The molecule has 5 nitrogen and oxygen atoms in total. The normalized spacial score (nSPS) is 15.9. The van der Waals surface area contributed by atoms with Crippen LogP contribution in [-0.4, -0.2) is 18.1 Å². The molecule has 1 atom stereocenters. The molecule has 0 saturated heterocycles. The lowest BCUT2D eigenvalue weighted by Gasteiger charge is -2.38. The quantitative estimate of drug-likeness (QED) is 0.521. The lowest BCUT2D eigenvalue weighted by Crippen LogP contribution is -2.48. The predicted molar refractivity (Wildman–Crippen MR) is 133 cm³/mol. The second-order valence-electron chi connectivity index (χ2n) is 7.62. The third kappa shape index (κ3) is 4.22.